The number of hydrogen-bond acceptors (Lipinski definition) is 6. The van der Waals surface area contributed by atoms with Crippen LogP contribution in [-0.2, 0) is 11.3 Å². The first-order chi connectivity index (χ1) is 33.2. The highest BCUT2D eigenvalue weighted by Crippen LogP contribution is 2.26. The molecule has 7 heteroatoms. The van der Waals surface area contributed by atoms with Gasteiger partial charge < -0.3 is 19.2 Å². The second kappa shape index (κ2) is 5.44. The summed E-state index contributed by atoms with van der Waals surface area (Å²) in [6, 6.07) is 10.4. The van der Waals surface area contributed by atoms with E-state index in [9.17, 15) is 5.02 Å². The van der Waals surface area contributed by atoms with Crippen molar-refractivity contribution in [2.45, 2.75) is 6.61 Å². The summed E-state index contributed by atoms with van der Waals surface area (Å²) in [7, 11) is 0.602. The van der Waals surface area contributed by atoms with Crippen LogP contribution in [0.5, 0.6) is 17.5 Å². The lowest BCUT2D eigenvalue weighted by Gasteiger charge is -2.09. The molecule has 1 aliphatic heterocycles. The first kappa shape index (κ1) is 2.97. The van der Waals surface area contributed by atoms with Crippen LogP contribution in [0.25, 0.3) is 0 Å². The van der Waals surface area contributed by atoms with Gasteiger partial charge in [-0.1, -0.05) is 6.07 Å². The van der Waals surface area contributed by atoms with Crippen LogP contribution in [0.3, 0.4) is 0 Å². The van der Waals surface area contributed by atoms with Gasteiger partial charge in [-0.05, 0) is 29.2 Å². The van der Waals surface area contributed by atoms with E-state index in [1.165, 1.54) is 7.11 Å². The van der Waals surface area contributed by atoms with Crippen molar-refractivity contribution in [3.63, 3.8) is 0 Å². The van der Waals surface area contributed by atoms with Crippen LogP contribution in [0.15, 0.2) is 30.3 Å². The molecule has 3 rings (SSSR count). The van der Waals surface area contributed by atoms with Crippen LogP contribution < -0.4 is 14.9 Å². The average Bonchev–Trinajstić information content (AvgIpc) is 3.89. The number of nitriles is 1. The Balaban J connectivity index is -0.0000000193. The maximum absolute atomic E-state index is 9.58. The zero-order chi connectivity index (χ0) is 60.8. The van der Waals surface area contributed by atoms with Gasteiger partial charge >= 0.3 is 7.12 Å². The summed E-state index contributed by atoms with van der Waals surface area (Å²) >= 11 is 0. The van der Waals surface area contributed by atoms with Crippen LogP contribution in [0.2, 0.25) is 0 Å². The van der Waals surface area contributed by atoms with E-state index in [2.05, 4.69) is 4.98 Å². The van der Waals surface area contributed by atoms with E-state index >= 15 is 0 Å². The van der Waals surface area contributed by atoms with Crippen molar-refractivity contribution in [2.24, 2.45) is 0 Å². The Bertz CT molecular complexity index is 790. The molecule has 0 saturated heterocycles. The molecule has 21 heavy (non-hydrogen) atoms. The normalized spacial score (nSPS) is 21.5. The summed E-state index contributed by atoms with van der Waals surface area (Å²) in [6.07, 6.45) is 0. The standard InChI is InChI=1S/C14H11BN2O4.24H2/c1-19-13-5-2-9(7-16)14(17-13)21-11-3-4-12-10(6-11)8-20-15(12)18;;;;;;;;;;;;;;;;;;;;;;;;/h2-6,18H,8H2,1H3;24*1H/i;23*1+1D;1+1. The third-order valence-corrected chi connectivity index (χ3v) is 3.16. The predicted molar refractivity (Wildman–Crippen MR) is 125 cm³/mol. The summed E-state index contributed by atoms with van der Waals surface area (Å²) in [6.45, 7) is 0.324. The van der Waals surface area contributed by atoms with E-state index in [4.69, 9.17) is 87.7 Å². The fourth-order valence-corrected chi connectivity index (χ4v) is 2.08. The molecule has 0 bridgehead atoms. The van der Waals surface area contributed by atoms with Gasteiger partial charge in [-0.2, -0.15) is 10.2 Å². The van der Waals surface area contributed by atoms with Gasteiger partial charge in [0.05, 0.1) is 13.7 Å². The van der Waals surface area contributed by atoms with Crippen molar-refractivity contribution in [2.75, 3.05) is 7.11 Å². The molecule has 0 atom stereocenters. The molecule has 2 aromatic rings. The molecule has 1 N–H and O–H groups in total. The Kier molecular flexibility index (Phi) is 0.771. The number of pyridine rings is 1. The quantitative estimate of drug-likeness (QED) is 0.587. The van der Waals surface area contributed by atoms with Crippen LogP contribution in [0.1, 0.15) is 80.9 Å². The summed E-state index contributed by atoms with van der Waals surface area (Å²) in [5, 5.41) is 18.7. The maximum atomic E-state index is 9.58. The Morgan fingerprint density at radius 1 is 1.48 bits per heavy atom. The van der Waals surface area contributed by atoms with E-state index in [0.29, 0.717) is 23.8 Å². The van der Waals surface area contributed by atoms with E-state index in [-0.39, 0.29) is 7.31 Å². The van der Waals surface area contributed by atoms with E-state index < -0.39 is 7.12 Å². The molecule has 0 amide bonds. The van der Waals surface area contributed by atoms with Crippen LogP contribution in [0.4, 0.5) is 0 Å². The van der Waals surface area contributed by atoms with Crippen LogP contribution in [-0.4, -0.2) is 24.2 Å². The molecule has 0 aliphatic carbocycles. The maximum Gasteiger partial charge on any atom is 0.491 e. The zero-order valence-corrected chi connectivity index (χ0v) is 11.2. The Hall–Kier alpha value is -2.56. The first-order valence-corrected chi connectivity index (χ1v) is 6.26. The first-order valence-electron chi connectivity index (χ1n) is 29.3. The third kappa shape index (κ3) is 2.54. The third-order valence-electron chi connectivity index (χ3n) is 3.16. The summed E-state index contributed by atoms with van der Waals surface area (Å²) in [4.78, 5) is 4.12. The van der Waals surface area contributed by atoms with Crippen molar-refractivity contribution in [3.05, 3.63) is 41.5 Å². The van der Waals surface area contributed by atoms with Gasteiger partial charge in [0.2, 0.25) is 11.8 Å². The monoisotopic (exact) mass is 378 g/mol. The molecule has 0 radical (unpaired) electrons. The lowest BCUT2D eigenvalue weighted by Crippen LogP contribution is -2.27. The molecule has 152 valence electrons. The summed E-state index contributed by atoms with van der Waals surface area (Å²) in [5.41, 5.74) is 1.88. The Morgan fingerprint density at radius 3 is 3.10 bits per heavy atom. The van der Waals surface area contributed by atoms with Gasteiger partial charge in [-0.25, -0.2) is 0 Å². The van der Waals surface area contributed by atoms with E-state index in [0.717, 1.165) is 11.0 Å². The minimum atomic E-state index is -0.890. The SMILES string of the molecule is COc1ccc(C#N)c(Oc2ccc3c(c2)COB3O)n1.[2HH].[2H][2H].[2H][2H].[2H][2H].[2H][2H].[2H][2H].[2H][2H].[2H][2H].[2H][2H].[2H][2H].[2H][2H].[2H][2H].[2H][2H].[2H][2H].[2H][2H].[2H][2H].[2H][2H].[2H][2H].[2H][2H].[2H][2H].[2H][2H].[2H][2H].[2H][2H].[2H][2H]. The fraction of sp³-hybridized carbons (Fsp3) is 0.143. The fourth-order valence-electron chi connectivity index (χ4n) is 2.08. The van der Waals surface area contributed by atoms with Gasteiger partial charge in [-0.15, -0.1) is 0 Å². The largest absolute Gasteiger partial charge is 0.491 e. The number of hydrogen-bond donors (Lipinski definition) is 1. The predicted octanol–water partition coefficient (Wildman–Crippen LogP) is 6.88. The average molecular weight is 378 g/mol. The van der Waals surface area contributed by atoms with Crippen molar-refractivity contribution in [1.29, 1.82) is 5.26 Å². The van der Waals surface area contributed by atoms with Gasteiger partial charge in [-0.3, -0.25) is 0 Å². The topological polar surface area (TPSA) is 84.6 Å². The number of aromatic nitrogens is 1. The minimum absolute atomic E-state index is 0. The zero-order valence-electron chi connectivity index (χ0n) is 57.2. The number of nitrogens with zero attached hydrogens (tertiary/aromatic N) is 2. The molecule has 0 unspecified atom stereocenters. The highest BCUT2D eigenvalue weighted by atomic mass is 16.5. The van der Waals surface area contributed by atoms with Crippen molar-refractivity contribution in [3.8, 4) is 23.6 Å². The van der Waals surface area contributed by atoms with Crippen molar-refractivity contribution < 1.29 is 88.9 Å². The van der Waals surface area contributed by atoms with E-state index in [1.807, 2.05) is 6.07 Å². The second-order valence-electron chi connectivity index (χ2n) is 4.44. The second-order valence-corrected chi connectivity index (χ2v) is 4.44. The molecular weight excluding hydrogens is 271 g/mol. The number of benzene rings is 1. The minimum Gasteiger partial charge on any atom is -0.481 e. The molecular formula is C14H59BN2O4. The van der Waals surface area contributed by atoms with Gasteiger partial charge in [0.1, 0.15) is 17.4 Å². The van der Waals surface area contributed by atoms with Crippen LogP contribution in [0, 0.1) is 11.3 Å². The highest BCUT2D eigenvalue weighted by molar-refractivity contribution is 6.61. The molecule has 2 heterocycles. The van der Waals surface area contributed by atoms with Crippen LogP contribution >= 0.6 is 0 Å². The summed E-state index contributed by atoms with van der Waals surface area (Å²) in [5.74, 6) is 1.06. The molecule has 0 spiro atoms. The smallest absolute Gasteiger partial charge is 0.481 e. The molecule has 0 fully saturated rings. The van der Waals surface area contributed by atoms with E-state index in [1.54, 1.807) is 30.3 Å². The molecule has 1 aromatic carbocycles. The molecule has 6 nitrogen and oxygen atoms in total. The molecule has 1 aromatic heterocycles. The lowest BCUT2D eigenvalue weighted by molar-refractivity contribution is 0.275. The number of methoxy groups -OCH3 is 1. The molecule has 0 saturated carbocycles. The van der Waals surface area contributed by atoms with Gasteiger partial charge in [0, 0.05) is 75.8 Å². The number of rotatable bonds is 3. The van der Waals surface area contributed by atoms with Crippen molar-refractivity contribution >= 4 is 12.6 Å². The lowest BCUT2D eigenvalue weighted by atomic mass is 9.80. The molecule has 1 aliphatic rings. The van der Waals surface area contributed by atoms with Gasteiger partial charge in [0.25, 0.3) is 0 Å². The summed E-state index contributed by atoms with van der Waals surface area (Å²) < 4.78 is 246. The van der Waals surface area contributed by atoms with Crippen molar-refractivity contribution in [1.82, 2.24) is 4.98 Å². The Labute approximate surface area is 194 Å². The number of fused-ring (bicyclic) bond motifs is 1. The Morgan fingerprint density at radius 2 is 2.33 bits per heavy atom. The number of ether oxygens (including phenoxy) is 2. The van der Waals surface area contributed by atoms with Gasteiger partial charge in [0.15, 0.2) is 0 Å². The highest BCUT2D eigenvalue weighted by Gasteiger charge is 2.27.